The van der Waals surface area contributed by atoms with Gasteiger partial charge in [0, 0.05) is 11.6 Å². The Kier molecular flexibility index (Phi) is 6.80. The van der Waals surface area contributed by atoms with E-state index in [1.807, 2.05) is 0 Å². The smallest absolute Gasteiger partial charge is 0.274 e. The van der Waals surface area contributed by atoms with Crippen molar-refractivity contribution in [1.82, 2.24) is 10.2 Å². The largest absolute Gasteiger partial charge is 0.495 e. The lowest BCUT2D eigenvalue weighted by molar-refractivity contribution is 0.0364. The fraction of sp³-hybridized carbons (Fsp3) is 0.588. The molecule has 0 heterocycles. The van der Waals surface area contributed by atoms with Gasteiger partial charge in [0.15, 0.2) is 0 Å². The van der Waals surface area contributed by atoms with Crippen molar-refractivity contribution in [3.63, 3.8) is 0 Å². The summed E-state index contributed by atoms with van der Waals surface area (Å²) in [6.07, 6.45) is 3.94. The second-order valence-corrected chi connectivity index (χ2v) is 7.90. The molecular weight excluding hydrogens is 344 g/mol. The van der Waals surface area contributed by atoms with Crippen molar-refractivity contribution in [2.24, 2.45) is 5.92 Å². The molecule has 1 aromatic carbocycles. The molecule has 1 amide bonds. The SMILES string of the molecule is CCONC(=O)c1ccc(OC)c(S(=O)(=O)NC2CCCCC2C)c1. The van der Waals surface area contributed by atoms with Gasteiger partial charge in [0.2, 0.25) is 10.0 Å². The molecule has 0 aliphatic heterocycles. The lowest BCUT2D eigenvalue weighted by atomic mass is 9.87. The van der Waals surface area contributed by atoms with Crippen molar-refractivity contribution < 1.29 is 22.8 Å². The highest BCUT2D eigenvalue weighted by atomic mass is 32.2. The fourth-order valence-corrected chi connectivity index (χ4v) is 4.55. The molecule has 0 saturated heterocycles. The first-order valence-electron chi connectivity index (χ1n) is 8.51. The van der Waals surface area contributed by atoms with Crippen LogP contribution in [0, 0.1) is 5.92 Å². The zero-order chi connectivity index (χ0) is 18.4. The maximum atomic E-state index is 12.9. The lowest BCUT2D eigenvalue weighted by Gasteiger charge is -2.29. The van der Waals surface area contributed by atoms with Crippen LogP contribution < -0.4 is 14.9 Å². The molecule has 1 aliphatic rings. The van der Waals surface area contributed by atoms with E-state index in [0.29, 0.717) is 6.61 Å². The Morgan fingerprint density at radius 3 is 2.64 bits per heavy atom. The third-order valence-electron chi connectivity index (χ3n) is 4.44. The lowest BCUT2D eigenvalue weighted by Crippen LogP contribution is -2.41. The van der Waals surface area contributed by atoms with Crippen molar-refractivity contribution in [2.45, 2.75) is 50.5 Å². The third-order valence-corrected chi connectivity index (χ3v) is 5.95. The number of sulfonamides is 1. The highest BCUT2D eigenvalue weighted by Crippen LogP contribution is 2.29. The van der Waals surface area contributed by atoms with Crippen LogP contribution in [0.25, 0.3) is 0 Å². The first kappa shape index (κ1) is 19.7. The highest BCUT2D eigenvalue weighted by Gasteiger charge is 2.29. The number of carbonyl (C=O) groups excluding carboxylic acids is 1. The van der Waals surface area contributed by atoms with E-state index in [9.17, 15) is 13.2 Å². The number of ether oxygens (including phenoxy) is 1. The van der Waals surface area contributed by atoms with Crippen LogP contribution in [0.4, 0.5) is 0 Å². The van der Waals surface area contributed by atoms with E-state index in [4.69, 9.17) is 9.57 Å². The van der Waals surface area contributed by atoms with Crippen molar-refractivity contribution in [3.8, 4) is 5.75 Å². The molecule has 140 valence electrons. The van der Waals surface area contributed by atoms with Crippen LogP contribution in [0.3, 0.4) is 0 Å². The summed E-state index contributed by atoms with van der Waals surface area (Å²) < 4.78 is 33.7. The Labute approximate surface area is 149 Å². The van der Waals surface area contributed by atoms with Gasteiger partial charge in [-0.3, -0.25) is 9.63 Å². The molecule has 1 aromatic rings. The number of hydroxylamine groups is 1. The summed E-state index contributed by atoms with van der Waals surface area (Å²) in [6.45, 7) is 4.10. The number of methoxy groups -OCH3 is 1. The highest BCUT2D eigenvalue weighted by molar-refractivity contribution is 7.89. The van der Waals surface area contributed by atoms with Gasteiger partial charge in [-0.25, -0.2) is 18.6 Å². The molecule has 0 aromatic heterocycles. The maximum Gasteiger partial charge on any atom is 0.274 e. The van der Waals surface area contributed by atoms with E-state index in [-0.39, 0.29) is 28.2 Å². The molecular formula is C17H26N2O5S. The Morgan fingerprint density at radius 1 is 1.28 bits per heavy atom. The topological polar surface area (TPSA) is 93.7 Å². The first-order chi connectivity index (χ1) is 11.9. The standard InChI is InChI=1S/C17H26N2O5S/c1-4-24-18-17(20)13-9-10-15(23-3)16(11-13)25(21,22)19-14-8-6-5-7-12(14)2/h9-12,14,19H,4-8H2,1-3H3,(H,18,20). The van der Waals surface area contributed by atoms with Crippen LogP contribution in [-0.4, -0.2) is 34.1 Å². The van der Waals surface area contributed by atoms with Crippen molar-refractivity contribution in [1.29, 1.82) is 0 Å². The molecule has 0 spiro atoms. The number of carbonyl (C=O) groups is 1. The van der Waals surface area contributed by atoms with E-state index in [2.05, 4.69) is 17.1 Å². The molecule has 1 aliphatic carbocycles. The Balaban J connectivity index is 2.29. The molecule has 2 rings (SSSR count). The minimum Gasteiger partial charge on any atom is -0.495 e. The molecule has 0 radical (unpaired) electrons. The van der Waals surface area contributed by atoms with Crippen LogP contribution in [-0.2, 0) is 14.9 Å². The minimum atomic E-state index is -3.81. The van der Waals surface area contributed by atoms with E-state index in [0.717, 1.165) is 25.7 Å². The van der Waals surface area contributed by atoms with Gasteiger partial charge in [-0.1, -0.05) is 19.8 Å². The molecule has 2 atom stereocenters. The molecule has 8 heteroatoms. The summed E-state index contributed by atoms with van der Waals surface area (Å²) in [7, 11) is -2.41. The Hall–Kier alpha value is -1.64. The van der Waals surface area contributed by atoms with Gasteiger partial charge in [-0.15, -0.1) is 0 Å². The number of hydrogen-bond donors (Lipinski definition) is 2. The number of rotatable bonds is 7. The normalized spacial score (nSPS) is 20.9. The van der Waals surface area contributed by atoms with Gasteiger partial charge >= 0.3 is 0 Å². The summed E-state index contributed by atoms with van der Waals surface area (Å²) in [4.78, 5) is 16.9. The van der Waals surface area contributed by atoms with Crippen molar-refractivity contribution in [2.75, 3.05) is 13.7 Å². The zero-order valence-electron chi connectivity index (χ0n) is 14.9. The average molecular weight is 370 g/mol. The first-order valence-corrected chi connectivity index (χ1v) is 10.00. The van der Waals surface area contributed by atoms with Crippen LogP contribution in [0.1, 0.15) is 49.9 Å². The predicted octanol–water partition coefficient (Wildman–Crippen LogP) is 2.23. The third kappa shape index (κ3) is 4.93. The molecule has 1 fully saturated rings. The van der Waals surface area contributed by atoms with Gasteiger partial charge < -0.3 is 4.74 Å². The molecule has 2 N–H and O–H groups in total. The summed E-state index contributed by atoms with van der Waals surface area (Å²) in [5.74, 6) is -0.0325. The van der Waals surface area contributed by atoms with Gasteiger partial charge in [0.05, 0.1) is 13.7 Å². The molecule has 1 saturated carbocycles. The van der Waals surface area contributed by atoms with Crippen LogP contribution in [0.2, 0.25) is 0 Å². The van der Waals surface area contributed by atoms with Gasteiger partial charge in [-0.2, -0.15) is 0 Å². The molecule has 0 bridgehead atoms. The van der Waals surface area contributed by atoms with E-state index < -0.39 is 15.9 Å². The number of hydrogen-bond acceptors (Lipinski definition) is 5. The summed E-state index contributed by atoms with van der Waals surface area (Å²) in [5, 5.41) is 0. The monoisotopic (exact) mass is 370 g/mol. The zero-order valence-corrected chi connectivity index (χ0v) is 15.7. The van der Waals surface area contributed by atoms with Crippen LogP contribution in [0.15, 0.2) is 23.1 Å². The fourth-order valence-electron chi connectivity index (χ4n) is 2.98. The second kappa shape index (κ2) is 8.64. The number of benzene rings is 1. The van der Waals surface area contributed by atoms with Gasteiger partial charge in [-0.05, 0) is 43.9 Å². The predicted molar refractivity (Wildman–Crippen MR) is 93.8 cm³/mol. The van der Waals surface area contributed by atoms with Gasteiger partial charge in [0.1, 0.15) is 10.6 Å². The Morgan fingerprint density at radius 2 is 2.00 bits per heavy atom. The maximum absolute atomic E-state index is 12.9. The summed E-state index contributed by atoms with van der Waals surface area (Å²) in [5.41, 5.74) is 2.44. The summed E-state index contributed by atoms with van der Waals surface area (Å²) in [6, 6.07) is 4.17. The molecule has 7 nitrogen and oxygen atoms in total. The van der Waals surface area contributed by atoms with Crippen LogP contribution in [0.5, 0.6) is 5.75 Å². The average Bonchev–Trinajstić information content (AvgIpc) is 2.61. The van der Waals surface area contributed by atoms with Crippen LogP contribution >= 0.6 is 0 Å². The van der Waals surface area contributed by atoms with E-state index >= 15 is 0 Å². The van der Waals surface area contributed by atoms with E-state index in [1.165, 1.54) is 25.3 Å². The molecule has 2 unspecified atom stereocenters. The minimum absolute atomic E-state index is 0.0445. The number of nitrogens with one attached hydrogen (secondary N) is 2. The van der Waals surface area contributed by atoms with Gasteiger partial charge in [0.25, 0.3) is 5.91 Å². The number of amides is 1. The Bertz CT molecular complexity index is 705. The van der Waals surface area contributed by atoms with E-state index in [1.54, 1.807) is 6.92 Å². The second-order valence-electron chi connectivity index (χ2n) is 6.22. The molecule has 25 heavy (non-hydrogen) atoms. The van der Waals surface area contributed by atoms with Crippen molar-refractivity contribution in [3.05, 3.63) is 23.8 Å². The summed E-state index contributed by atoms with van der Waals surface area (Å²) >= 11 is 0. The quantitative estimate of drug-likeness (QED) is 0.718. The van der Waals surface area contributed by atoms with Crippen molar-refractivity contribution >= 4 is 15.9 Å².